The van der Waals surface area contributed by atoms with Crippen LogP contribution in [-0.2, 0) is 6.42 Å². The number of alkyl halides is 2. The van der Waals surface area contributed by atoms with Crippen molar-refractivity contribution >= 4 is 0 Å². The Morgan fingerprint density at radius 1 is 0.947 bits per heavy atom. The molecule has 0 fully saturated rings. The average Bonchev–Trinajstić information content (AvgIpc) is 2.40. The second-order valence-electron chi connectivity index (χ2n) is 4.24. The summed E-state index contributed by atoms with van der Waals surface area (Å²) in [7, 11) is 0. The van der Waals surface area contributed by atoms with Gasteiger partial charge in [-0.2, -0.15) is 8.78 Å². The van der Waals surface area contributed by atoms with E-state index in [-0.39, 0.29) is 11.8 Å². The molecule has 0 aliphatic rings. The lowest BCUT2D eigenvalue weighted by Crippen LogP contribution is -2.13. The monoisotopic (exact) mass is 263 g/mol. The Kier molecular flexibility index (Phi) is 4.47. The summed E-state index contributed by atoms with van der Waals surface area (Å²) in [4.78, 5) is 0. The summed E-state index contributed by atoms with van der Waals surface area (Å²) in [6.07, 6.45) is 0.704. The number of ether oxygens (including phenoxy) is 1. The second-order valence-corrected chi connectivity index (χ2v) is 4.24. The molecule has 2 aromatic carbocycles. The quantitative estimate of drug-likeness (QED) is 0.895. The van der Waals surface area contributed by atoms with Gasteiger partial charge in [0, 0.05) is 6.04 Å². The van der Waals surface area contributed by atoms with Crippen molar-refractivity contribution in [3.63, 3.8) is 0 Å². The van der Waals surface area contributed by atoms with Crippen LogP contribution in [0.25, 0.3) is 0 Å². The fraction of sp³-hybridized carbons (Fsp3) is 0.200. The van der Waals surface area contributed by atoms with Crippen molar-refractivity contribution in [1.29, 1.82) is 0 Å². The molecular formula is C15H15F2NO. The molecule has 4 heteroatoms. The Balaban J connectivity index is 2.01. The third-order valence-electron chi connectivity index (χ3n) is 2.83. The average molecular weight is 263 g/mol. The van der Waals surface area contributed by atoms with Crippen molar-refractivity contribution in [2.45, 2.75) is 19.1 Å². The molecule has 0 aliphatic carbocycles. The number of hydrogen-bond acceptors (Lipinski definition) is 2. The summed E-state index contributed by atoms with van der Waals surface area (Å²) in [5.41, 5.74) is 8.12. The summed E-state index contributed by atoms with van der Waals surface area (Å²) < 4.78 is 28.3. The number of halogens is 2. The number of rotatable bonds is 5. The lowest BCUT2D eigenvalue weighted by molar-refractivity contribution is -0.0498. The van der Waals surface area contributed by atoms with E-state index in [0.29, 0.717) is 6.42 Å². The van der Waals surface area contributed by atoms with E-state index >= 15 is 0 Å². The standard InChI is InChI=1S/C15H15F2NO/c16-15(17)19-13-8-6-12(7-9-13)14(18)10-11-4-2-1-3-5-11/h1-9,14-15H,10,18H2. The molecule has 1 unspecified atom stereocenters. The predicted molar refractivity (Wildman–Crippen MR) is 70.1 cm³/mol. The zero-order chi connectivity index (χ0) is 13.7. The van der Waals surface area contributed by atoms with Gasteiger partial charge in [-0.1, -0.05) is 42.5 Å². The second kappa shape index (κ2) is 6.29. The minimum absolute atomic E-state index is 0.144. The van der Waals surface area contributed by atoms with Crippen LogP contribution in [0, 0.1) is 0 Å². The maximum absolute atomic E-state index is 12.0. The molecule has 1 atom stereocenters. The first kappa shape index (κ1) is 13.5. The van der Waals surface area contributed by atoms with Crippen LogP contribution in [-0.4, -0.2) is 6.61 Å². The van der Waals surface area contributed by atoms with Gasteiger partial charge in [0.05, 0.1) is 0 Å². The van der Waals surface area contributed by atoms with Crippen LogP contribution in [0.2, 0.25) is 0 Å². The molecule has 0 aromatic heterocycles. The van der Waals surface area contributed by atoms with Crippen LogP contribution in [0.15, 0.2) is 54.6 Å². The molecular weight excluding hydrogens is 248 g/mol. The van der Waals surface area contributed by atoms with Crippen molar-refractivity contribution in [1.82, 2.24) is 0 Å². The highest BCUT2D eigenvalue weighted by atomic mass is 19.3. The van der Waals surface area contributed by atoms with Gasteiger partial charge >= 0.3 is 6.61 Å². The summed E-state index contributed by atoms with van der Waals surface area (Å²) in [5.74, 6) is 0.144. The maximum atomic E-state index is 12.0. The van der Waals surface area contributed by atoms with E-state index in [1.165, 1.54) is 12.1 Å². The number of benzene rings is 2. The molecule has 0 bridgehead atoms. The van der Waals surface area contributed by atoms with Crippen LogP contribution in [0.4, 0.5) is 8.78 Å². The Bertz CT molecular complexity index is 499. The zero-order valence-corrected chi connectivity index (χ0v) is 10.3. The van der Waals surface area contributed by atoms with E-state index in [4.69, 9.17) is 5.73 Å². The summed E-state index contributed by atoms with van der Waals surface area (Å²) in [5, 5.41) is 0. The molecule has 0 heterocycles. The van der Waals surface area contributed by atoms with Crippen LogP contribution >= 0.6 is 0 Å². The summed E-state index contributed by atoms with van der Waals surface area (Å²) >= 11 is 0. The first-order chi connectivity index (χ1) is 9.15. The summed E-state index contributed by atoms with van der Waals surface area (Å²) in [6, 6.07) is 16.2. The Hall–Kier alpha value is -1.94. The van der Waals surface area contributed by atoms with Gasteiger partial charge in [0.2, 0.25) is 0 Å². The van der Waals surface area contributed by atoms with Gasteiger partial charge in [0.1, 0.15) is 5.75 Å². The maximum Gasteiger partial charge on any atom is 0.387 e. The third-order valence-corrected chi connectivity index (χ3v) is 2.83. The van der Waals surface area contributed by atoms with E-state index < -0.39 is 6.61 Å². The van der Waals surface area contributed by atoms with Gasteiger partial charge < -0.3 is 10.5 Å². The van der Waals surface area contributed by atoms with Crippen molar-refractivity contribution < 1.29 is 13.5 Å². The van der Waals surface area contributed by atoms with Gasteiger partial charge in [-0.05, 0) is 29.7 Å². The van der Waals surface area contributed by atoms with Gasteiger partial charge in [0.25, 0.3) is 0 Å². The van der Waals surface area contributed by atoms with E-state index in [1.807, 2.05) is 30.3 Å². The van der Waals surface area contributed by atoms with E-state index in [1.54, 1.807) is 12.1 Å². The van der Waals surface area contributed by atoms with Crippen molar-refractivity contribution in [2.24, 2.45) is 5.73 Å². The smallest absolute Gasteiger partial charge is 0.387 e. The molecule has 2 aromatic rings. The molecule has 0 amide bonds. The van der Waals surface area contributed by atoms with Crippen LogP contribution < -0.4 is 10.5 Å². The van der Waals surface area contributed by atoms with Gasteiger partial charge in [-0.15, -0.1) is 0 Å². The lowest BCUT2D eigenvalue weighted by atomic mass is 10.00. The largest absolute Gasteiger partial charge is 0.435 e. The first-order valence-electron chi connectivity index (χ1n) is 5.99. The van der Waals surface area contributed by atoms with Crippen LogP contribution in [0.5, 0.6) is 5.75 Å². The van der Waals surface area contributed by atoms with Crippen molar-refractivity contribution in [2.75, 3.05) is 0 Å². The summed E-state index contributed by atoms with van der Waals surface area (Å²) in [6.45, 7) is -2.80. The molecule has 2 rings (SSSR count). The van der Waals surface area contributed by atoms with Gasteiger partial charge in [-0.25, -0.2) is 0 Å². The normalized spacial score (nSPS) is 12.4. The Labute approximate surface area is 110 Å². The van der Waals surface area contributed by atoms with Gasteiger partial charge in [-0.3, -0.25) is 0 Å². The minimum Gasteiger partial charge on any atom is -0.435 e. The van der Waals surface area contributed by atoms with Crippen molar-refractivity contribution in [3.05, 3.63) is 65.7 Å². The van der Waals surface area contributed by atoms with E-state index in [9.17, 15) is 8.78 Å². The minimum atomic E-state index is -2.80. The fourth-order valence-electron chi connectivity index (χ4n) is 1.88. The molecule has 0 saturated carbocycles. The zero-order valence-electron chi connectivity index (χ0n) is 10.3. The highest BCUT2D eigenvalue weighted by Crippen LogP contribution is 2.20. The lowest BCUT2D eigenvalue weighted by Gasteiger charge is -2.13. The third kappa shape index (κ3) is 4.03. The van der Waals surface area contributed by atoms with Crippen LogP contribution in [0.1, 0.15) is 17.2 Å². The predicted octanol–water partition coefficient (Wildman–Crippen LogP) is 3.53. The SMILES string of the molecule is NC(Cc1ccccc1)c1ccc(OC(F)F)cc1. The molecule has 2 N–H and O–H groups in total. The van der Waals surface area contributed by atoms with E-state index in [2.05, 4.69) is 4.74 Å². The molecule has 2 nitrogen and oxygen atoms in total. The molecule has 0 saturated heterocycles. The molecule has 0 spiro atoms. The Morgan fingerprint density at radius 2 is 1.58 bits per heavy atom. The highest BCUT2D eigenvalue weighted by Gasteiger charge is 2.08. The highest BCUT2D eigenvalue weighted by molar-refractivity contribution is 5.30. The van der Waals surface area contributed by atoms with Gasteiger partial charge in [0.15, 0.2) is 0 Å². The molecule has 0 aliphatic heterocycles. The molecule has 19 heavy (non-hydrogen) atoms. The first-order valence-corrected chi connectivity index (χ1v) is 5.99. The molecule has 0 radical (unpaired) electrons. The fourth-order valence-corrected chi connectivity index (χ4v) is 1.88. The topological polar surface area (TPSA) is 35.2 Å². The van der Waals surface area contributed by atoms with E-state index in [0.717, 1.165) is 11.1 Å². The van der Waals surface area contributed by atoms with Crippen LogP contribution in [0.3, 0.4) is 0 Å². The Morgan fingerprint density at radius 3 is 2.16 bits per heavy atom. The molecule has 100 valence electrons. The number of hydrogen-bond donors (Lipinski definition) is 1. The number of nitrogens with two attached hydrogens (primary N) is 1. The van der Waals surface area contributed by atoms with Crippen molar-refractivity contribution in [3.8, 4) is 5.75 Å².